The van der Waals surface area contributed by atoms with Crippen LogP contribution in [0, 0.1) is 11.3 Å². The second kappa shape index (κ2) is 8.61. The monoisotopic (exact) mass is 343 g/mol. The van der Waals surface area contributed by atoms with Crippen LogP contribution in [0.25, 0.3) is 0 Å². The summed E-state index contributed by atoms with van der Waals surface area (Å²) in [4.78, 5) is 0. The van der Waals surface area contributed by atoms with E-state index in [1.165, 1.54) is 15.9 Å². The van der Waals surface area contributed by atoms with Crippen molar-refractivity contribution in [1.29, 1.82) is 5.26 Å². The number of rotatable bonds is 7. The number of unbranched alkanes of at least 4 members (excludes halogenated alkanes) is 2. The van der Waals surface area contributed by atoms with Crippen LogP contribution in [0.4, 0.5) is 0 Å². The molecule has 0 unspecified atom stereocenters. The topological polar surface area (TPSA) is 23.8 Å². The molecule has 2 heteroatoms. The van der Waals surface area contributed by atoms with Crippen LogP contribution < -0.4 is 15.9 Å². The summed E-state index contributed by atoms with van der Waals surface area (Å²) in [6, 6.07) is 35.1. The summed E-state index contributed by atoms with van der Waals surface area (Å²) >= 11 is 0. The minimum atomic E-state index is -1.70. The summed E-state index contributed by atoms with van der Waals surface area (Å²) in [7, 11) is -1.70. The molecule has 0 N–H and O–H groups in total. The first kappa shape index (κ1) is 17.4. The summed E-state index contributed by atoms with van der Waals surface area (Å²) in [5.41, 5.74) is 0. The molecule has 3 aromatic carbocycles. The van der Waals surface area contributed by atoms with Crippen molar-refractivity contribution in [2.75, 3.05) is 6.16 Å². The van der Waals surface area contributed by atoms with Gasteiger partial charge in [0, 0.05) is 6.42 Å². The second-order valence-electron chi connectivity index (χ2n) is 6.16. The Labute approximate surface area is 151 Å². The van der Waals surface area contributed by atoms with Crippen molar-refractivity contribution in [1.82, 2.24) is 0 Å². The molecular weight excluding hydrogens is 320 g/mol. The lowest BCUT2D eigenvalue weighted by Crippen LogP contribution is -2.33. The largest absolute Gasteiger partial charge is 0.198 e. The zero-order valence-electron chi connectivity index (χ0n) is 14.4. The predicted octanol–water partition coefficient (Wildman–Crippen LogP) is 4.67. The molecule has 0 heterocycles. The highest BCUT2D eigenvalue weighted by Gasteiger charge is 2.44. The molecule has 3 aromatic rings. The Morgan fingerprint density at radius 3 is 1.36 bits per heavy atom. The SMILES string of the molecule is N#[11C]CCCC[P+](c1ccccc1)(c1ccccc1)c1ccccc1. The van der Waals surface area contributed by atoms with E-state index in [1.807, 2.05) is 0 Å². The molecule has 124 valence electrons. The number of nitriles is 1. The van der Waals surface area contributed by atoms with Gasteiger partial charge in [-0.2, -0.15) is 5.26 Å². The third kappa shape index (κ3) is 3.81. The van der Waals surface area contributed by atoms with Crippen molar-refractivity contribution < 1.29 is 0 Å². The van der Waals surface area contributed by atoms with E-state index in [0.29, 0.717) is 6.42 Å². The standard InChI is InChI=1S/C23H23NP/c24-19-11-4-12-20-25(21-13-5-1-6-14-21,22-15-7-2-8-16-22)23-17-9-3-10-18-23/h1-3,5-10,13-18H,4,11-12,20H2/q+1/i19-1. The lowest BCUT2D eigenvalue weighted by Gasteiger charge is -2.27. The third-order valence-corrected chi connectivity index (χ3v) is 9.15. The van der Waals surface area contributed by atoms with Gasteiger partial charge in [0.25, 0.3) is 0 Å². The van der Waals surface area contributed by atoms with E-state index in [2.05, 4.69) is 97.1 Å². The second-order valence-corrected chi connectivity index (χ2v) is 9.77. The Bertz CT molecular complexity index is 710. The summed E-state index contributed by atoms with van der Waals surface area (Å²) in [6.07, 6.45) is 3.77. The molecule has 0 radical (unpaired) electrons. The maximum Gasteiger partial charge on any atom is 0.112 e. The quantitative estimate of drug-likeness (QED) is 0.452. The van der Waals surface area contributed by atoms with Crippen molar-refractivity contribution in [2.45, 2.75) is 19.3 Å². The first-order valence-corrected chi connectivity index (χ1v) is 10.8. The molecule has 0 fully saturated rings. The van der Waals surface area contributed by atoms with Crippen LogP contribution in [0.2, 0.25) is 0 Å². The fraction of sp³-hybridized carbons (Fsp3) is 0.174. The van der Waals surface area contributed by atoms with Crippen molar-refractivity contribution in [3.63, 3.8) is 0 Å². The van der Waals surface area contributed by atoms with E-state index >= 15 is 0 Å². The smallest absolute Gasteiger partial charge is 0.112 e. The number of hydrogen-bond donors (Lipinski definition) is 0. The van der Waals surface area contributed by atoms with Gasteiger partial charge in [0.05, 0.1) is 12.2 Å². The minimum absolute atomic E-state index is 0.637. The van der Waals surface area contributed by atoms with Gasteiger partial charge in [0.15, 0.2) is 0 Å². The molecule has 1 nitrogen and oxygen atoms in total. The molecule has 0 amide bonds. The Hall–Kier alpha value is -2.42. The van der Waals surface area contributed by atoms with Crippen LogP contribution in [-0.4, -0.2) is 6.16 Å². The van der Waals surface area contributed by atoms with E-state index in [1.54, 1.807) is 0 Å². The molecule has 0 saturated heterocycles. The normalized spacial score (nSPS) is 11.0. The van der Waals surface area contributed by atoms with Crippen molar-refractivity contribution >= 4 is 23.2 Å². The van der Waals surface area contributed by atoms with Crippen LogP contribution in [0.15, 0.2) is 91.0 Å². The lowest BCUT2D eigenvalue weighted by atomic mass is 10.1. The van der Waals surface area contributed by atoms with E-state index in [4.69, 9.17) is 5.26 Å². The fourth-order valence-electron chi connectivity index (χ4n) is 3.43. The van der Waals surface area contributed by atoms with E-state index in [0.717, 1.165) is 19.0 Å². The highest BCUT2D eigenvalue weighted by Crippen LogP contribution is 2.55. The van der Waals surface area contributed by atoms with Gasteiger partial charge in [-0.1, -0.05) is 54.6 Å². The van der Waals surface area contributed by atoms with E-state index in [9.17, 15) is 0 Å². The van der Waals surface area contributed by atoms with E-state index < -0.39 is 7.26 Å². The molecule has 0 aliphatic heterocycles. The Kier molecular flexibility index (Phi) is 5.99. The van der Waals surface area contributed by atoms with Crippen molar-refractivity contribution in [3.05, 3.63) is 91.0 Å². The van der Waals surface area contributed by atoms with Gasteiger partial charge in [-0.25, -0.2) is 0 Å². The molecular formula is C23H23NP+. The van der Waals surface area contributed by atoms with Gasteiger partial charge in [0.1, 0.15) is 23.2 Å². The highest BCUT2D eigenvalue weighted by atomic mass is 31.2. The van der Waals surface area contributed by atoms with Crippen molar-refractivity contribution in [3.8, 4) is 6.07 Å². The van der Waals surface area contributed by atoms with Gasteiger partial charge in [-0.05, 0) is 49.2 Å². The van der Waals surface area contributed by atoms with Gasteiger partial charge in [-0.15, -0.1) is 0 Å². The third-order valence-electron chi connectivity index (χ3n) is 4.62. The minimum Gasteiger partial charge on any atom is -0.198 e. The zero-order chi connectivity index (χ0) is 17.4. The predicted molar refractivity (Wildman–Crippen MR) is 109 cm³/mol. The van der Waals surface area contributed by atoms with Crippen LogP contribution in [0.1, 0.15) is 19.3 Å². The first-order chi connectivity index (χ1) is 12.4. The Morgan fingerprint density at radius 2 is 1.00 bits per heavy atom. The number of benzene rings is 3. The summed E-state index contributed by atoms with van der Waals surface area (Å²) in [6.45, 7) is 0. The molecule has 0 saturated carbocycles. The molecule has 25 heavy (non-hydrogen) atoms. The van der Waals surface area contributed by atoms with Gasteiger partial charge >= 0.3 is 0 Å². The van der Waals surface area contributed by atoms with Crippen LogP contribution in [0.5, 0.6) is 0 Å². The number of hydrogen-bond acceptors (Lipinski definition) is 1. The van der Waals surface area contributed by atoms with Crippen LogP contribution >= 0.6 is 7.26 Å². The number of nitrogens with zero attached hydrogens (tertiary/aromatic N) is 1. The summed E-state index contributed by atoms with van der Waals surface area (Å²) < 4.78 is 0. The summed E-state index contributed by atoms with van der Waals surface area (Å²) in [5.74, 6) is 0. The maximum absolute atomic E-state index is 8.91. The molecule has 0 bridgehead atoms. The molecule has 0 atom stereocenters. The van der Waals surface area contributed by atoms with Crippen LogP contribution in [-0.2, 0) is 0 Å². The van der Waals surface area contributed by atoms with Gasteiger partial charge < -0.3 is 0 Å². The first-order valence-electron chi connectivity index (χ1n) is 8.80. The lowest BCUT2D eigenvalue weighted by molar-refractivity contribution is 0.827. The molecule has 0 aliphatic carbocycles. The van der Waals surface area contributed by atoms with Gasteiger partial charge in [-0.3, -0.25) is 0 Å². The molecule has 3 rings (SSSR count). The Morgan fingerprint density at radius 1 is 0.600 bits per heavy atom. The Balaban J connectivity index is 2.15. The molecule has 0 aromatic heterocycles. The van der Waals surface area contributed by atoms with E-state index in [-0.39, 0.29) is 0 Å². The average molecular weight is 343 g/mol. The van der Waals surface area contributed by atoms with Crippen molar-refractivity contribution in [2.24, 2.45) is 0 Å². The van der Waals surface area contributed by atoms with Gasteiger partial charge in [0.2, 0.25) is 0 Å². The average Bonchev–Trinajstić information content (AvgIpc) is 2.70. The maximum atomic E-state index is 8.91. The fourth-order valence-corrected chi connectivity index (χ4v) is 7.85. The molecule has 0 aliphatic rings. The van der Waals surface area contributed by atoms with Crippen LogP contribution in [0.3, 0.4) is 0 Å². The highest BCUT2D eigenvalue weighted by molar-refractivity contribution is 7.95. The zero-order valence-corrected chi connectivity index (χ0v) is 15.3. The molecule has 0 spiro atoms. The summed E-state index contributed by atoms with van der Waals surface area (Å²) in [5, 5.41) is 13.2.